The highest BCUT2D eigenvalue weighted by Crippen LogP contribution is 2.21. The molecule has 0 saturated heterocycles. The molecule has 0 aliphatic heterocycles. The maximum absolute atomic E-state index is 11.5. The molecule has 104 valence electrons. The van der Waals surface area contributed by atoms with Gasteiger partial charge in [-0.25, -0.2) is 4.98 Å². The molecule has 0 fully saturated rings. The Morgan fingerprint density at radius 3 is 2.65 bits per heavy atom. The number of nitrogens with zero attached hydrogens (tertiary/aromatic N) is 2. The number of carbonyl (C=O) groups is 1. The molecule has 1 heterocycles. The summed E-state index contributed by atoms with van der Waals surface area (Å²) in [5.74, 6) is 0.110. The van der Waals surface area contributed by atoms with Gasteiger partial charge < -0.3 is 16.4 Å². The lowest BCUT2D eigenvalue weighted by Crippen LogP contribution is -2.27. The molecule has 4 N–H and O–H groups in total. The van der Waals surface area contributed by atoms with E-state index in [4.69, 9.17) is 11.5 Å². The zero-order valence-electron chi connectivity index (χ0n) is 11.4. The van der Waals surface area contributed by atoms with Gasteiger partial charge in [0.05, 0.1) is 5.56 Å². The third-order valence-electron chi connectivity index (χ3n) is 3.15. The van der Waals surface area contributed by atoms with Gasteiger partial charge in [0.2, 0.25) is 0 Å². The van der Waals surface area contributed by atoms with E-state index in [1.165, 1.54) is 0 Å². The first-order valence-corrected chi connectivity index (χ1v) is 6.46. The average molecular weight is 270 g/mol. The van der Waals surface area contributed by atoms with E-state index in [0.29, 0.717) is 24.5 Å². The Kier molecular flexibility index (Phi) is 4.20. The second-order valence-corrected chi connectivity index (χ2v) is 4.45. The third kappa shape index (κ3) is 2.88. The molecule has 5 nitrogen and oxygen atoms in total. The number of nitrogens with two attached hydrogens (primary N) is 2. The number of benzene rings is 1. The lowest BCUT2D eigenvalue weighted by atomic mass is 10.1. The van der Waals surface area contributed by atoms with Crippen molar-refractivity contribution in [2.75, 3.05) is 17.2 Å². The van der Waals surface area contributed by atoms with Crippen molar-refractivity contribution in [1.82, 2.24) is 4.98 Å². The van der Waals surface area contributed by atoms with Gasteiger partial charge in [-0.2, -0.15) is 0 Å². The van der Waals surface area contributed by atoms with Crippen LogP contribution in [0.25, 0.3) is 0 Å². The van der Waals surface area contributed by atoms with Crippen LogP contribution in [0.3, 0.4) is 0 Å². The largest absolute Gasteiger partial charge is 0.398 e. The fourth-order valence-electron chi connectivity index (χ4n) is 2.06. The quantitative estimate of drug-likeness (QED) is 0.811. The standard InChI is InChI=1S/C15H18N4O/c1-2-19(10-11-6-3-4-8-13(11)16)15-12(14(17)20)7-5-9-18-15/h3-9H,2,10,16H2,1H3,(H2,17,20). The van der Waals surface area contributed by atoms with Crippen molar-refractivity contribution in [3.05, 3.63) is 53.7 Å². The van der Waals surface area contributed by atoms with Crippen LogP contribution >= 0.6 is 0 Å². The predicted octanol–water partition coefficient (Wildman–Crippen LogP) is 1.79. The average Bonchev–Trinajstić information content (AvgIpc) is 2.46. The molecule has 0 spiro atoms. The van der Waals surface area contributed by atoms with Gasteiger partial charge in [-0.15, -0.1) is 0 Å². The molecule has 1 aromatic carbocycles. The van der Waals surface area contributed by atoms with Crippen LogP contribution in [-0.4, -0.2) is 17.4 Å². The molecule has 0 unspecified atom stereocenters. The summed E-state index contributed by atoms with van der Waals surface area (Å²) < 4.78 is 0. The summed E-state index contributed by atoms with van der Waals surface area (Å²) in [5, 5.41) is 0. The summed E-state index contributed by atoms with van der Waals surface area (Å²) in [6.45, 7) is 3.28. The topological polar surface area (TPSA) is 85.2 Å². The smallest absolute Gasteiger partial charge is 0.252 e. The second-order valence-electron chi connectivity index (χ2n) is 4.45. The Morgan fingerprint density at radius 2 is 2.00 bits per heavy atom. The Morgan fingerprint density at radius 1 is 1.25 bits per heavy atom. The van der Waals surface area contributed by atoms with Crippen molar-refractivity contribution >= 4 is 17.4 Å². The van der Waals surface area contributed by atoms with E-state index >= 15 is 0 Å². The first-order chi connectivity index (χ1) is 9.63. The van der Waals surface area contributed by atoms with Crippen molar-refractivity contribution in [2.45, 2.75) is 13.5 Å². The first kappa shape index (κ1) is 13.9. The summed E-state index contributed by atoms with van der Waals surface area (Å²) in [7, 11) is 0. The maximum Gasteiger partial charge on any atom is 0.252 e. The number of primary amides is 1. The van der Waals surface area contributed by atoms with E-state index in [-0.39, 0.29) is 0 Å². The molecule has 1 amide bonds. The van der Waals surface area contributed by atoms with Gasteiger partial charge >= 0.3 is 0 Å². The molecule has 0 bridgehead atoms. The maximum atomic E-state index is 11.5. The molecule has 0 aliphatic carbocycles. The highest BCUT2D eigenvalue weighted by molar-refractivity contribution is 5.97. The van der Waals surface area contributed by atoms with E-state index in [9.17, 15) is 4.79 Å². The number of carbonyl (C=O) groups excluding carboxylic acids is 1. The van der Waals surface area contributed by atoms with Crippen LogP contribution in [-0.2, 0) is 6.54 Å². The zero-order chi connectivity index (χ0) is 14.5. The number of pyridine rings is 1. The lowest BCUT2D eigenvalue weighted by Gasteiger charge is -2.24. The fraction of sp³-hybridized carbons (Fsp3) is 0.200. The number of nitrogen functional groups attached to an aromatic ring is 1. The third-order valence-corrected chi connectivity index (χ3v) is 3.15. The Labute approximate surface area is 118 Å². The highest BCUT2D eigenvalue weighted by atomic mass is 16.1. The van der Waals surface area contributed by atoms with Crippen LogP contribution < -0.4 is 16.4 Å². The molecule has 1 aromatic heterocycles. The summed E-state index contributed by atoms with van der Waals surface area (Å²) in [4.78, 5) is 17.8. The van der Waals surface area contributed by atoms with E-state index in [1.54, 1.807) is 18.3 Å². The van der Waals surface area contributed by atoms with Crippen molar-refractivity contribution < 1.29 is 4.79 Å². The summed E-state index contributed by atoms with van der Waals surface area (Å²) in [6, 6.07) is 11.0. The zero-order valence-corrected chi connectivity index (χ0v) is 11.4. The molecular weight excluding hydrogens is 252 g/mol. The summed E-state index contributed by atoms with van der Waals surface area (Å²) >= 11 is 0. The van der Waals surface area contributed by atoms with Gasteiger partial charge in [0.25, 0.3) is 5.91 Å². The highest BCUT2D eigenvalue weighted by Gasteiger charge is 2.15. The van der Waals surface area contributed by atoms with Gasteiger partial charge in [-0.3, -0.25) is 4.79 Å². The molecule has 0 saturated carbocycles. The van der Waals surface area contributed by atoms with Gasteiger partial charge in [-0.05, 0) is 30.7 Å². The van der Waals surface area contributed by atoms with Gasteiger partial charge in [0.15, 0.2) is 0 Å². The summed E-state index contributed by atoms with van der Waals surface area (Å²) in [5.41, 5.74) is 13.5. The molecule has 20 heavy (non-hydrogen) atoms. The van der Waals surface area contributed by atoms with Crippen LogP contribution in [0.2, 0.25) is 0 Å². The number of anilines is 2. The van der Waals surface area contributed by atoms with E-state index in [2.05, 4.69) is 4.98 Å². The minimum atomic E-state index is -0.479. The lowest BCUT2D eigenvalue weighted by molar-refractivity contribution is 0.100. The van der Waals surface area contributed by atoms with E-state index < -0.39 is 5.91 Å². The number of hydrogen-bond acceptors (Lipinski definition) is 4. The van der Waals surface area contributed by atoms with Gasteiger partial charge in [-0.1, -0.05) is 18.2 Å². The predicted molar refractivity (Wildman–Crippen MR) is 80.3 cm³/mol. The van der Waals surface area contributed by atoms with Crippen molar-refractivity contribution in [1.29, 1.82) is 0 Å². The van der Waals surface area contributed by atoms with Crippen LogP contribution in [0.1, 0.15) is 22.8 Å². The normalized spacial score (nSPS) is 10.2. The Hall–Kier alpha value is -2.56. The van der Waals surface area contributed by atoms with Crippen LogP contribution in [0, 0.1) is 0 Å². The number of aromatic nitrogens is 1. The molecular formula is C15H18N4O. The van der Waals surface area contributed by atoms with Crippen molar-refractivity contribution in [3.63, 3.8) is 0 Å². The fourth-order valence-corrected chi connectivity index (χ4v) is 2.06. The molecule has 0 atom stereocenters. The number of amides is 1. The minimum absolute atomic E-state index is 0.420. The molecule has 0 radical (unpaired) electrons. The van der Waals surface area contributed by atoms with Crippen molar-refractivity contribution in [2.24, 2.45) is 5.73 Å². The monoisotopic (exact) mass is 270 g/mol. The van der Waals surface area contributed by atoms with Crippen LogP contribution in [0.15, 0.2) is 42.6 Å². The molecule has 0 aliphatic rings. The second kappa shape index (κ2) is 6.06. The van der Waals surface area contributed by atoms with E-state index in [0.717, 1.165) is 11.3 Å². The van der Waals surface area contributed by atoms with Crippen LogP contribution in [0.4, 0.5) is 11.5 Å². The molecule has 2 rings (SSSR count). The van der Waals surface area contributed by atoms with Gasteiger partial charge in [0.1, 0.15) is 5.82 Å². The van der Waals surface area contributed by atoms with Crippen molar-refractivity contribution in [3.8, 4) is 0 Å². The SMILES string of the molecule is CCN(Cc1ccccc1N)c1ncccc1C(N)=O. The Bertz CT molecular complexity index is 612. The molecule has 2 aromatic rings. The van der Waals surface area contributed by atoms with Gasteiger partial charge in [0, 0.05) is 25.0 Å². The molecule has 5 heteroatoms. The first-order valence-electron chi connectivity index (χ1n) is 6.46. The van der Waals surface area contributed by atoms with Crippen LogP contribution in [0.5, 0.6) is 0 Å². The summed E-state index contributed by atoms with van der Waals surface area (Å²) in [6.07, 6.45) is 1.65. The Balaban J connectivity index is 2.34. The number of rotatable bonds is 5. The van der Waals surface area contributed by atoms with E-state index in [1.807, 2.05) is 36.1 Å². The number of para-hydroxylation sites is 1. The number of hydrogen-bond donors (Lipinski definition) is 2. The minimum Gasteiger partial charge on any atom is -0.398 e.